The van der Waals surface area contributed by atoms with Gasteiger partial charge in [-0.15, -0.1) is 0 Å². The second kappa shape index (κ2) is 7.65. The third-order valence-corrected chi connectivity index (χ3v) is 5.09. The lowest BCUT2D eigenvalue weighted by Crippen LogP contribution is -2.13. The first-order valence-corrected chi connectivity index (χ1v) is 9.45. The quantitative estimate of drug-likeness (QED) is 0.642. The number of halogens is 1. The molecule has 1 aromatic heterocycles. The number of anilines is 1. The van der Waals surface area contributed by atoms with Gasteiger partial charge in [-0.05, 0) is 54.6 Å². The standard InChI is InChI=1S/C18H13ClN2O5S/c19-13-3-6-15(7-4-13)26-17-10-5-14(11-20-17)21-27(24,25)16-8-1-12(2-9-16)18(22)23/h1-11,21H,(H,22,23). The van der Waals surface area contributed by atoms with Gasteiger partial charge in [-0.25, -0.2) is 18.2 Å². The maximum Gasteiger partial charge on any atom is 0.335 e. The van der Waals surface area contributed by atoms with Crippen molar-refractivity contribution < 1.29 is 23.1 Å². The van der Waals surface area contributed by atoms with Crippen molar-refractivity contribution in [1.82, 2.24) is 4.98 Å². The molecule has 0 aliphatic heterocycles. The van der Waals surface area contributed by atoms with E-state index >= 15 is 0 Å². The Hall–Kier alpha value is -3.10. The molecule has 0 aliphatic rings. The Kier molecular flexibility index (Phi) is 5.29. The largest absolute Gasteiger partial charge is 0.478 e. The number of carbonyl (C=O) groups is 1. The molecule has 9 heteroatoms. The van der Waals surface area contributed by atoms with E-state index in [0.717, 1.165) is 0 Å². The van der Waals surface area contributed by atoms with Crippen molar-refractivity contribution in [2.24, 2.45) is 0 Å². The number of sulfonamides is 1. The summed E-state index contributed by atoms with van der Waals surface area (Å²) in [4.78, 5) is 14.8. The SMILES string of the molecule is O=C(O)c1ccc(S(=O)(=O)Nc2ccc(Oc3ccc(Cl)cc3)nc2)cc1. The van der Waals surface area contributed by atoms with Crippen molar-refractivity contribution in [2.75, 3.05) is 4.72 Å². The highest BCUT2D eigenvalue weighted by Gasteiger charge is 2.15. The average Bonchev–Trinajstić information content (AvgIpc) is 2.65. The minimum atomic E-state index is -3.87. The smallest absolute Gasteiger partial charge is 0.335 e. The van der Waals surface area contributed by atoms with Crippen LogP contribution in [0.15, 0.2) is 71.8 Å². The van der Waals surface area contributed by atoms with Gasteiger partial charge < -0.3 is 9.84 Å². The Morgan fingerprint density at radius 2 is 1.67 bits per heavy atom. The second-order valence-electron chi connectivity index (χ2n) is 5.38. The number of nitrogens with one attached hydrogen (secondary N) is 1. The van der Waals surface area contributed by atoms with Gasteiger partial charge in [0.05, 0.1) is 22.3 Å². The van der Waals surface area contributed by atoms with E-state index in [1.165, 1.54) is 42.6 Å². The fourth-order valence-electron chi connectivity index (χ4n) is 2.12. The van der Waals surface area contributed by atoms with E-state index in [0.29, 0.717) is 10.8 Å². The molecule has 2 aromatic carbocycles. The van der Waals surface area contributed by atoms with E-state index in [4.69, 9.17) is 21.4 Å². The summed E-state index contributed by atoms with van der Waals surface area (Å²) in [6.45, 7) is 0. The predicted molar refractivity (Wildman–Crippen MR) is 100.0 cm³/mol. The van der Waals surface area contributed by atoms with E-state index in [1.807, 2.05) is 0 Å². The lowest BCUT2D eigenvalue weighted by molar-refractivity contribution is 0.0696. The van der Waals surface area contributed by atoms with E-state index < -0.39 is 16.0 Å². The normalized spacial score (nSPS) is 11.0. The monoisotopic (exact) mass is 404 g/mol. The Balaban J connectivity index is 1.71. The molecular weight excluding hydrogens is 392 g/mol. The first kappa shape index (κ1) is 18.7. The van der Waals surface area contributed by atoms with Crippen LogP contribution in [0.3, 0.4) is 0 Å². The molecule has 0 unspecified atom stereocenters. The van der Waals surface area contributed by atoms with E-state index in [1.54, 1.807) is 24.3 Å². The van der Waals surface area contributed by atoms with Gasteiger partial charge >= 0.3 is 5.97 Å². The van der Waals surface area contributed by atoms with Crippen LogP contribution in [-0.4, -0.2) is 24.5 Å². The van der Waals surface area contributed by atoms with Crippen LogP contribution >= 0.6 is 11.6 Å². The maximum atomic E-state index is 12.4. The summed E-state index contributed by atoms with van der Waals surface area (Å²) >= 11 is 5.81. The number of carboxylic acids is 1. The van der Waals surface area contributed by atoms with Gasteiger partial charge in [0, 0.05) is 11.1 Å². The molecule has 0 saturated heterocycles. The minimum absolute atomic E-state index is 0.000632. The number of hydrogen-bond acceptors (Lipinski definition) is 5. The van der Waals surface area contributed by atoms with Crippen LogP contribution in [0.5, 0.6) is 11.6 Å². The summed E-state index contributed by atoms with van der Waals surface area (Å²) in [5.41, 5.74) is 0.236. The van der Waals surface area contributed by atoms with Gasteiger partial charge in [-0.2, -0.15) is 0 Å². The minimum Gasteiger partial charge on any atom is -0.478 e. The van der Waals surface area contributed by atoms with Crippen LogP contribution in [0.4, 0.5) is 5.69 Å². The number of aromatic carboxylic acids is 1. The molecule has 0 fully saturated rings. The Morgan fingerprint density at radius 3 is 2.22 bits per heavy atom. The molecule has 0 amide bonds. The summed E-state index contributed by atoms with van der Waals surface area (Å²) in [5, 5.41) is 9.45. The van der Waals surface area contributed by atoms with Crippen LogP contribution in [0.25, 0.3) is 0 Å². The molecule has 7 nitrogen and oxygen atoms in total. The lowest BCUT2D eigenvalue weighted by Gasteiger charge is -2.09. The number of benzene rings is 2. The van der Waals surface area contributed by atoms with Crippen molar-refractivity contribution in [3.05, 3.63) is 77.4 Å². The first-order valence-electron chi connectivity index (χ1n) is 7.59. The van der Waals surface area contributed by atoms with Crippen LogP contribution in [0, 0.1) is 0 Å². The van der Waals surface area contributed by atoms with E-state index in [9.17, 15) is 13.2 Å². The zero-order valence-electron chi connectivity index (χ0n) is 13.7. The Labute approximate surface area is 160 Å². The van der Waals surface area contributed by atoms with Crippen molar-refractivity contribution in [2.45, 2.75) is 4.90 Å². The van der Waals surface area contributed by atoms with Crippen LogP contribution in [-0.2, 0) is 10.0 Å². The van der Waals surface area contributed by atoms with E-state index in [2.05, 4.69) is 9.71 Å². The summed E-state index contributed by atoms with van der Waals surface area (Å²) in [7, 11) is -3.87. The second-order valence-corrected chi connectivity index (χ2v) is 7.49. The maximum absolute atomic E-state index is 12.4. The molecule has 0 bridgehead atoms. The van der Waals surface area contributed by atoms with Crippen LogP contribution in [0.1, 0.15) is 10.4 Å². The van der Waals surface area contributed by atoms with Gasteiger partial charge in [0.1, 0.15) is 5.75 Å². The fourth-order valence-corrected chi connectivity index (χ4v) is 3.28. The first-order chi connectivity index (χ1) is 12.8. The summed E-state index contributed by atoms with van der Waals surface area (Å²) in [5.74, 6) is -0.308. The highest BCUT2D eigenvalue weighted by atomic mass is 35.5. The molecule has 0 atom stereocenters. The third kappa shape index (κ3) is 4.75. The fraction of sp³-hybridized carbons (Fsp3) is 0. The van der Waals surface area contributed by atoms with Gasteiger partial charge in [0.15, 0.2) is 0 Å². The highest BCUT2D eigenvalue weighted by Crippen LogP contribution is 2.23. The topological polar surface area (TPSA) is 106 Å². The zero-order chi connectivity index (χ0) is 19.4. The zero-order valence-corrected chi connectivity index (χ0v) is 15.2. The molecule has 0 aliphatic carbocycles. The number of ether oxygens (including phenoxy) is 1. The molecule has 27 heavy (non-hydrogen) atoms. The molecule has 0 saturated carbocycles. The van der Waals surface area contributed by atoms with Gasteiger partial charge in [-0.3, -0.25) is 4.72 Å². The molecule has 0 radical (unpaired) electrons. The molecule has 2 N–H and O–H groups in total. The van der Waals surface area contributed by atoms with E-state index in [-0.39, 0.29) is 22.0 Å². The summed E-state index contributed by atoms with van der Waals surface area (Å²) in [6, 6.07) is 14.6. The van der Waals surface area contributed by atoms with Crippen molar-refractivity contribution >= 4 is 33.3 Å². The van der Waals surface area contributed by atoms with Crippen LogP contribution < -0.4 is 9.46 Å². The van der Waals surface area contributed by atoms with Crippen molar-refractivity contribution in [3.63, 3.8) is 0 Å². The van der Waals surface area contributed by atoms with Crippen LogP contribution in [0.2, 0.25) is 5.02 Å². The summed E-state index contributed by atoms with van der Waals surface area (Å²) in [6.07, 6.45) is 1.31. The number of nitrogens with zero attached hydrogens (tertiary/aromatic N) is 1. The molecule has 138 valence electrons. The average molecular weight is 405 g/mol. The molecular formula is C18H13ClN2O5S. The number of rotatable bonds is 6. The predicted octanol–water partition coefficient (Wildman–Crippen LogP) is 4.03. The van der Waals surface area contributed by atoms with Crippen molar-refractivity contribution in [1.29, 1.82) is 0 Å². The van der Waals surface area contributed by atoms with Gasteiger partial charge in [-0.1, -0.05) is 11.6 Å². The Bertz CT molecular complexity index is 1050. The van der Waals surface area contributed by atoms with Crippen molar-refractivity contribution in [3.8, 4) is 11.6 Å². The number of pyridine rings is 1. The molecule has 0 spiro atoms. The molecule has 3 rings (SSSR count). The Morgan fingerprint density at radius 1 is 1.00 bits per heavy atom. The number of carboxylic acid groups (broad SMARTS) is 1. The number of aromatic nitrogens is 1. The number of hydrogen-bond donors (Lipinski definition) is 2. The molecule has 3 aromatic rings. The lowest BCUT2D eigenvalue weighted by atomic mass is 10.2. The molecule has 1 heterocycles. The van der Waals surface area contributed by atoms with Gasteiger partial charge in [0.2, 0.25) is 5.88 Å². The third-order valence-electron chi connectivity index (χ3n) is 3.44. The highest BCUT2D eigenvalue weighted by molar-refractivity contribution is 7.92. The van der Waals surface area contributed by atoms with Gasteiger partial charge in [0.25, 0.3) is 10.0 Å². The summed E-state index contributed by atoms with van der Waals surface area (Å²) < 4.78 is 32.6.